The van der Waals surface area contributed by atoms with Crippen molar-refractivity contribution in [1.82, 2.24) is 4.90 Å². The lowest BCUT2D eigenvalue weighted by Gasteiger charge is -2.22. The van der Waals surface area contributed by atoms with E-state index >= 15 is 0 Å². The summed E-state index contributed by atoms with van der Waals surface area (Å²) in [6.45, 7) is -0.446. The van der Waals surface area contributed by atoms with Gasteiger partial charge >= 0.3 is 6.18 Å². The summed E-state index contributed by atoms with van der Waals surface area (Å²) in [5, 5.41) is 2.26. The van der Waals surface area contributed by atoms with Crippen molar-refractivity contribution in [3.8, 4) is 5.75 Å². The van der Waals surface area contributed by atoms with Crippen LogP contribution in [0.4, 0.5) is 18.9 Å². The summed E-state index contributed by atoms with van der Waals surface area (Å²) < 4.78 is 50.0. The highest BCUT2D eigenvalue weighted by molar-refractivity contribution is 5.95. The molecule has 0 radical (unpaired) electrons. The minimum Gasteiger partial charge on any atom is -0.497 e. The van der Waals surface area contributed by atoms with Crippen LogP contribution < -0.4 is 10.1 Å². The molecule has 0 atom stereocenters. The van der Waals surface area contributed by atoms with Crippen molar-refractivity contribution < 1.29 is 31.9 Å². The Morgan fingerprint density at radius 2 is 1.75 bits per heavy atom. The van der Waals surface area contributed by atoms with Crippen molar-refractivity contribution in [2.75, 3.05) is 19.0 Å². The first-order valence-electron chi connectivity index (χ1n) is 9.65. The fourth-order valence-corrected chi connectivity index (χ4v) is 3.06. The molecule has 0 fully saturated rings. The van der Waals surface area contributed by atoms with Crippen molar-refractivity contribution in [2.24, 2.45) is 0 Å². The van der Waals surface area contributed by atoms with Crippen LogP contribution in [0.15, 0.2) is 71.3 Å². The van der Waals surface area contributed by atoms with Crippen LogP contribution in [0.3, 0.4) is 0 Å². The molecule has 1 heterocycles. The van der Waals surface area contributed by atoms with Crippen molar-refractivity contribution in [3.63, 3.8) is 0 Å². The predicted octanol–water partition coefficient (Wildman–Crippen LogP) is 4.52. The molecule has 3 rings (SSSR count). The monoisotopic (exact) mass is 446 g/mol. The second kappa shape index (κ2) is 10.0. The minimum atomic E-state index is -4.62. The van der Waals surface area contributed by atoms with Crippen molar-refractivity contribution in [1.29, 1.82) is 0 Å². The molecule has 0 bridgehead atoms. The molecule has 0 saturated heterocycles. The number of hydrogen-bond acceptors (Lipinski definition) is 4. The number of carbonyl (C=O) groups is 2. The van der Waals surface area contributed by atoms with Gasteiger partial charge in [0, 0.05) is 0 Å². The van der Waals surface area contributed by atoms with Gasteiger partial charge in [-0.05, 0) is 42.0 Å². The fourth-order valence-electron chi connectivity index (χ4n) is 3.06. The number of ether oxygens (including phenoxy) is 1. The number of benzene rings is 2. The summed E-state index contributed by atoms with van der Waals surface area (Å²) in [5.41, 5.74) is -0.635. The Labute approximate surface area is 182 Å². The molecule has 0 aliphatic heterocycles. The van der Waals surface area contributed by atoms with Gasteiger partial charge in [0.15, 0.2) is 0 Å². The highest BCUT2D eigenvalue weighted by Gasteiger charge is 2.33. The Bertz CT molecular complexity index is 1050. The third-order valence-corrected chi connectivity index (χ3v) is 4.63. The first-order chi connectivity index (χ1) is 15.3. The van der Waals surface area contributed by atoms with Gasteiger partial charge in [-0.2, -0.15) is 13.2 Å². The molecule has 6 nitrogen and oxygen atoms in total. The number of amides is 2. The van der Waals surface area contributed by atoms with E-state index in [0.29, 0.717) is 17.1 Å². The molecule has 0 spiro atoms. The Morgan fingerprint density at radius 3 is 2.38 bits per heavy atom. The zero-order valence-corrected chi connectivity index (χ0v) is 17.2. The van der Waals surface area contributed by atoms with Gasteiger partial charge in [-0.15, -0.1) is 0 Å². The van der Waals surface area contributed by atoms with Crippen LogP contribution in [0.2, 0.25) is 0 Å². The predicted molar refractivity (Wildman–Crippen MR) is 111 cm³/mol. The normalized spacial score (nSPS) is 11.1. The number of carbonyl (C=O) groups excluding carboxylic acids is 2. The summed E-state index contributed by atoms with van der Waals surface area (Å²) in [5.74, 6) is -0.0601. The van der Waals surface area contributed by atoms with E-state index in [1.807, 2.05) is 0 Å². The molecule has 1 aromatic heterocycles. The van der Waals surface area contributed by atoms with Gasteiger partial charge < -0.3 is 19.4 Å². The molecule has 32 heavy (non-hydrogen) atoms. The Hall–Kier alpha value is -3.75. The zero-order valence-electron chi connectivity index (χ0n) is 17.2. The number of hydrogen-bond donors (Lipinski definition) is 1. The summed E-state index contributed by atoms with van der Waals surface area (Å²) in [6.07, 6.45) is -3.19. The largest absolute Gasteiger partial charge is 0.497 e. The van der Waals surface area contributed by atoms with E-state index in [1.165, 1.54) is 30.4 Å². The van der Waals surface area contributed by atoms with Gasteiger partial charge in [-0.3, -0.25) is 9.59 Å². The van der Waals surface area contributed by atoms with E-state index in [9.17, 15) is 22.8 Å². The lowest BCUT2D eigenvalue weighted by atomic mass is 10.1. The standard InChI is InChI=1S/C23H21F3N2O4/c1-31-17-10-8-16(9-11-17)13-22(30)28(14-18-5-4-12-32-18)15-21(29)27-20-7-3-2-6-19(20)23(24,25)26/h2-12H,13-15H2,1H3,(H,27,29). The molecule has 0 aliphatic rings. The van der Waals surface area contributed by atoms with E-state index in [4.69, 9.17) is 9.15 Å². The summed E-state index contributed by atoms with van der Waals surface area (Å²) in [7, 11) is 1.53. The minimum absolute atomic E-state index is 0.00286. The number of rotatable bonds is 8. The van der Waals surface area contributed by atoms with Crippen LogP contribution in [0.25, 0.3) is 0 Å². The van der Waals surface area contributed by atoms with Crippen molar-refractivity contribution in [3.05, 3.63) is 83.8 Å². The third-order valence-electron chi connectivity index (χ3n) is 4.63. The van der Waals surface area contributed by atoms with Crippen LogP contribution >= 0.6 is 0 Å². The Balaban J connectivity index is 1.74. The maximum absolute atomic E-state index is 13.2. The average molecular weight is 446 g/mol. The molecular weight excluding hydrogens is 425 g/mol. The molecule has 0 aliphatic carbocycles. The van der Waals surface area contributed by atoms with Crippen LogP contribution in [-0.2, 0) is 28.7 Å². The summed E-state index contributed by atoms with van der Waals surface area (Å²) in [6, 6.07) is 14.8. The lowest BCUT2D eigenvalue weighted by molar-refractivity contribution is -0.137. The maximum atomic E-state index is 13.2. The smallest absolute Gasteiger partial charge is 0.418 e. The molecule has 168 valence electrons. The van der Waals surface area contributed by atoms with Crippen LogP contribution in [0.5, 0.6) is 5.75 Å². The third kappa shape index (κ3) is 6.13. The number of furan rings is 1. The molecule has 0 unspecified atom stereocenters. The summed E-state index contributed by atoms with van der Waals surface area (Å²) >= 11 is 0. The second-order valence-electron chi connectivity index (χ2n) is 6.95. The zero-order chi connectivity index (χ0) is 23.1. The number of nitrogens with one attached hydrogen (secondary N) is 1. The maximum Gasteiger partial charge on any atom is 0.418 e. The highest BCUT2D eigenvalue weighted by Crippen LogP contribution is 2.34. The van der Waals surface area contributed by atoms with Crippen LogP contribution in [0.1, 0.15) is 16.9 Å². The van der Waals surface area contributed by atoms with Crippen LogP contribution in [-0.4, -0.2) is 30.4 Å². The Kier molecular flexibility index (Phi) is 7.19. The first-order valence-corrected chi connectivity index (χ1v) is 9.65. The van der Waals surface area contributed by atoms with E-state index < -0.39 is 24.2 Å². The molecule has 2 amide bonds. The van der Waals surface area contributed by atoms with Gasteiger partial charge in [0.1, 0.15) is 18.1 Å². The molecule has 0 saturated carbocycles. The van der Waals surface area contributed by atoms with E-state index in [-0.39, 0.29) is 24.6 Å². The molecule has 9 heteroatoms. The topological polar surface area (TPSA) is 71.8 Å². The molecular formula is C23H21F3N2O4. The SMILES string of the molecule is COc1ccc(CC(=O)N(CC(=O)Nc2ccccc2C(F)(F)F)Cc2ccco2)cc1. The number of nitrogens with zero attached hydrogens (tertiary/aromatic N) is 1. The fraction of sp³-hybridized carbons (Fsp3) is 0.217. The lowest BCUT2D eigenvalue weighted by Crippen LogP contribution is -2.38. The second-order valence-corrected chi connectivity index (χ2v) is 6.95. The molecule has 3 aromatic rings. The number of anilines is 1. The quantitative estimate of drug-likeness (QED) is 0.553. The number of methoxy groups -OCH3 is 1. The number of halogens is 3. The van der Waals surface area contributed by atoms with E-state index in [2.05, 4.69) is 5.32 Å². The number of alkyl halides is 3. The van der Waals surface area contributed by atoms with Gasteiger partial charge in [0.05, 0.1) is 37.6 Å². The average Bonchev–Trinajstić information content (AvgIpc) is 3.26. The highest BCUT2D eigenvalue weighted by atomic mass is 19.4. The molecule has 2 aromatic carbocycles. The number of para-hydroxylation sites is 1. The summed E-state index contributed by atoms with van der Waals surface area (Å²) in [4.78, 5) is 26.7. The van der Waals surface area contributed by atoms with Crippen molar-refractivity contribution in [2.45, 2.75) is 19.1 Å². The van der Waals surface area contributed by atoms with Crippen LogP contribution in [0, 0.1) is 0 Å². The van der Waals surface area contributed by atoms with Gasteiger partial charge in [0.25, 0.3) is 0 Å². The van der Waals surface area contributed by atoms with Crippen molar-refractivity contribution >= 4 is 17.5 Å². The Morgan fingerprint density at radius 1 is 1.03 bits per heavy atom. The molecule has 1 N–H and O–H groups in total. The van der Waals surface area contributed by atoms with E-state index in [0.717, 1.165) is 12.1 Å². The first kappa shape index (κ1) is 22.9. The van der Waals surface area contributed by atoms with E-state index in [1.54, 1.807) is 36.4 Å². The van der Waals surface area contributed by atoms with Gasteiger partial charge in [0.2, 0.25) is 11.8 Å². The van der Waals surface area contributed by atoms with Gasteiger partial charge in [-0.25, -0.2) is 0 Å². The van der Waals surface area contributed by atoms with Gasteiger partial charge in [-0.1, -0.05) is 24.3 Å².